The van der Waals surface area contributed by atoms with Crippen molar-refractivity contribution in [1.82, 2.24) is 0 Å². The van der Waals surface area contributed by atoms with E-state index in [1.54, 1.807) is 13.8 Å². The third-order valence-corrected chi connectivity index (χ3v) is 6.77. The van der Waals surface area contributed by atoms with Crippen LogP contribution in [0, 0.1) is 22.7 Å². The summed E-state index contributed by atoms with van der Waals surface area (Å²) >= 11 is 0. The van der Waals surface area contributed by atoms with Crippen LogP contribution in [0.2, 0.25) is 0 Å². The molecule has 3 aliphatic carbocycles. The minimum absolute atomic E-state index is 0.150. The number of carbonyl (C=O) groups excluding carboxylic acids is 4. The molecule has 26 heavy (non-hydrogen) atoms. The van der Waals surface area contributed by atoms with Gasteiger partial charge in [0.25, 0.3) is 0 Å². The van der Waals surface area contributed by atoms with E-state index in [0.29, 0.717) is 23.0 Å². The predicted molar refractivity (Wildman–Crippen MR) is 91.4 cm³/mol. The number of fused-ring (bicyclic) bond motifs is 5. The van der Waals surface area contributed by atoms with Gasteiger partial charge in [0.2, 0.25) is 0 Å². The average molecular weight is 360 g/mol. The fraction of sp³-hybridized carbons (Fsp3) is 0.600. The zero-order valence-corrected chi connectivity index (χ0v) is 15.2. The molecule has 0 aromatic rings. The van der Waals surface area contributed by atoms with E-state index in [9.17, 15) is 19.2 Å². The van der Waals surface area contributed by atoms with Crippen LogP contribution in [0.25, 0.3) is 0 Å². The Kier molecular flexibility index (Phi) is 4.86. The number of allylic oxidation sites excluding steroid dienone is 2. The second-order valence-corrected chi connectivity index (χ2v) is 7.86. The van der Waals surface area contributed by atoms with Crippen LogP contribution in [0.3, 0.4) is 0 Å². The van der Waals surface area contributed by atoms with Crippen LogP contribution in [0.5, 0.6) is 0 Å². The van der Waals surface area contributed by atoms with Crippen LogP contribution >= 0.6 is 0 Å². The van der Waals surface area contributed by atoms with Crippen LogP contribution in [-0.2, 0) is 28.7 Å². The van der Waals surface area contributed by atoms with Gasteiger partial charge in [0.15, 0.2) is 0 Å². The van der Waals surface area contributed by atoms with Gasteiger partial charge in [-0.3, -0.25) is 9.59 Å². The molecule has 140 valence electrons. The van der Waals surface area contributed by atoms with Crippen LogP contribution in [-0.4, -0.2) is 24.9 Å². The summed E-state index contributed by atoms with van der Waals surface area (Å²) in [7, 11) is 0. The first-order valence-electron chi connectivity index (χ1n) is 9.07. The van der Waals surface area contributed by atoms with E-state index in [-0.39, 0.29) is 23.8 Å². The second-order valence-electron chi connectivity index (χ2n) is 7.86. The van der Waals surface area contributed by atoms with E-state index in [2.05, 4.69) is 9.47 Å². The van der Waals surface area contributed by atoms with Crippen molar-refractivity contribution in [2.75, 3.05) is 0 Å². The monoisotopic (exact) mass is 360 g/mol. The van der Waals surface area contributed by atoms with E-state index >= 15 is 0 Å². The first kappa shape index (κ1) is 18.5. The number of carbonyl (C=O) groups is 4. The number of hydrogen-bond acceptors (Lipinski definition) is 6. The van der Waals surface area contributed by atoms with Crippen molar-refractivity contribution in [1.29, 1.82) is 0 Å². The lowest BCUT2D eigenvalue weighted by Gasteiger charge is -2.45. The maximum atomic E-state index is 12.0. The lowest BCUT2D eigenvalue weighted by atomic mass is 9.58. The summed E-state index contributed by atoms with van der Waals surface area (Å²) in [5.41, 5.74) is 0.404. The van der Waals surface area contributed by atoms with Crippen molar-refractivity contribution in [3.05, 3.63) is 23.3 Å². The molecule has 3 fully saturated rings. The summed E-state index contributed by atoms with van der Waals surface area (Å²) in [5.74, 6) is -0.231. The quantitative estimate of drug-likeness (QED) is 0.313. The van der Waals surface area contributed by atoms with Crippen LogP contribution in [0.15, 0.2) is 23.3 Å². The Labute approximate surface area is 152 Å². The molecule has 4 atom stereocenters. The summed E-state index contributed by atoms with van der Waals surface area (Å²) in [6.07, 6.45) is 10.1. The van der Waals surface area contributed by atoms with E-state index < -0.39 is 11.9 Å². The molecule has 0 radical (unpaired) electrons. The third-order valence-electron chi connectivity index (χ3n) is 6.77. The molecule has 4 unspecified atom stereocenters. The topological polar surface area (TPSA) is 86.7 Å². The summed E-state index contributed by atoms with van der Waals surface area (Å²) < 4.78 is 9.00. The Bertz CT molecular complexity index is 705. The number of rotatable bonds is 6. The van der Waals surface area contributed by atoms with Crippen molar-refractivity contribution in [2.45, 2.75) is 52.4 Å². The standard InChI is InChI=1S/C20H24O6/c1-13(17(23)25-11-21)8-19-7-5-15(10-19)16-4-3-6-20(16,19)9-14(2)18(24)26-12-22/h8-9,11-12,15-16H,3-7,10H2,1-2H3. The number of ether oxygens (including phenoxy) is 2. The van der Waals surface area contributed by atoms with Gasteiger partial charge in [-0.25, -0.2) is 9.59 Å². The van der Waals surface area contributed by atoms with Gasteiger partial charge in [0, 0.05) is 16.6 Å². The number of hydrogen-bond donors (Lipinski definition) is 0. The Morgan fingerprint density at radius 3 is 2.15 bits per heavy atom. The summed E-state index contributed by atoms with van der Waals surface area (Å²) in [4.78, 5) is 44.9. The fourth-order valence-corrected chi connectivity index (χ4v) is 5.99. The molecule has 6 heteroatoms. The van der Waals surface area contributed by atoms with E-state index in [4.69, 9.17) is 0 Å². The zero-order chi connectivity index (χ0) is 18.9. The SMILES string of the molecule is CC(=CC12CCC(C1)C1CCCC12C=C(C)C(=O)OC=O)C(=O)OC=O. The maximum absolute atomic E-state index is 12.0. The predicted octanol–water partition coefficient (Wildman–Crippen LogP) is 2.86. The fourth-order valence-electron chi connectivity index (χ4n) is 5.99. The van der Waals surface area contributed by atoms with Crippen LogP contribution in [0.4, 0.5) is 0 Å². The molecular weight excluding hydrogens is 336 g/mol. The number of esters is 2. The lowest BCUT2D eigenvalue weighted by molar-refractivity contribution is -0.149. The molecule has 0 N–H and O–H groups in total. The van der Waals surface area contributed by atoms with Crippen LogP contribution < -0.4 is 0 Å². The van der Waals surface area contributed by atoms with Crippen LogP contribution in [0.1, 0.15) is 52.4 Å². The van der Waals surface area contributed by atoms with Gasteiger partial charge < -0.3 is 9.47 Å². The third kappa shape index (κ3) is 2.72. The molecule has 0 amide bonds. The molecule has 0 aromatic carbocycles. The highest BCUT2D eigenvalue weighted by Crippen LogP contribution is 2.74. The van der Waals surface area contributed by atoms with Crippen molar-refractivity contribution in [3.63, 3.8) is 0 Å². The zero-order valence-electron chi connectivity index (χ0n) is 15.2. The summed E-state index contributed by atoms with van der Waals surface area (Å²) in [6, 6.07) is 0. The molecule has 2 bridgehead atoms. The first-order chi connectivity index (χ1) is 12.4. The second kappa shape index (κ2) is 6.82. The Morgan fingerprint density at radius 1 is 0.923 bits per heavy atom. The van der Waals surface area contributed by atoms with Crippen molar-refractivity contribution >= 4 is 24.9 Å². The first-order valence-corrected chi connectivity index (χ1v) is 9.07. The Morgan fingerprint density at radius 2 is 1.54 bits per heavy atom. The molecule has 0 saturated heterocycles. The largest absolute Gasteiger partial charge is 0.392 e. The van der Waals surface area contributed by atoms with Gasteiger partial charge in [0.1, 0.15) is 0 Å². The summed E-state index contributed by atoms with van der Waals surface area (Å²) in [6.45, 7) is 3.64. The highest BCUT2D eigenvalue weighted by atomic mass is 16.6. The Hall–Kier alpha value is -2.24. The van der Waals surface area contributed by atoms with E-state index in [1.165, 1.54) is 0 Å². The van der Waals surface area contributed by atoms with E-state index in [0.717, 1.165) is 38.5 Å². The molecule has 3 rings (SSSR count). The molecule has 3 saturated carbocycles. The van der Waals surface area contributed by atoms with E-state index in [1.807, 2.05) is 12.2 Å². The average Bonchev–Trinajstić information content (AvgIpc) is 3.26. The molecule has 0 aliphatic heterocycles. The lowest BCUT2D eigenvalue weighted by Crippen LogP contribution is -2.39. The van der Waals surface area contributed by atoms with Crippen molar-refractivity contribution in [3.8, 4) is 0 Å². The molecule has 0 aromatic heterocycles. The normalized spacial score (nSPS) is 35.8. The Balaban J connectivity index is 2.03. The van der Waals surface area contributed by atoms with Gasteiger partial charge in [0.05, 0.1) is 0 Å². The highest BCUT2D eigenvalue weighted by Gasteiger charge is 2.66. The van der Waals surface area contributed by atoms with Gasteiger partial charge >= 0.3 is 24.9 Å². The van der Waals surface area contributed by atoms with Gasteiger partial charge in [-0.05, 0) is 63.2 Å². The molecule has 6 nitrogen and oxygen atoms in total. The molecule has 0 heterocycles. The minimum Gasteiger partial charge on any atom is -0.392 e. The summed E-state index contributed by atoms with van der Waals surface area (Å²) in [5, 5.41) is 0. The molecule has 0 spiro atoms. The smallest absolute Gasteiger partial charge is 0.340 e. The maximum Gasteiger partial charge on any atom is 0.340 e. The molecular formula is C20H24O6. The van der Waals surface area contributed by atoms with Gasteiger partial charge in [-0.1, -0.05) is 18.6 Å². The van der Waals surface area contributed by atoms with Crippen molar-refractivity contribution < 1.29 is 28.7 Å². The van der Waals surface area contributed by atoms with Gasteiger partial charge in [-0.15, -0.1) is 0 Å². The van der Waals surface area contributed by atoms with Gasteiger partial charge in [-0.2, -0.15) is 0 Å². The minimum atomic E-state index is -0.629. The van der Waals surface area contributed by atoms with Crippen molar-refractivity contribution in [2.24, 2.45) is 22.7 Å². The molecule has 3 aliphatic rings. The highest BCUT2D eigenvalue weighted by molar-refractivity contribution is 5.92.